The molecule has 96 valence electrons. The number of phenols is 1. The number of rotatable bonds is 1. The lowest BCUT2D eigenvalue weighted by Crippen LogP contribution is -2.05. The van der Waals surface area contributed by atoms with Crippen LogP contribution in [0.25, 0.3) is 21.8 Å². The summed E-state index contributed by atoms with van der Waals surface area (Å²) < 4.78 is 11.7. The number of nitrogens with one attached hydrogen (secondary N) is 1. The molecule has 1 unspecified atom stereocenters. The highest BCUT2D eigenvalue weighted by atomic mass is 32.2. The minimum atomic E-state index is -1.18. The molecule has 0 fully saturated rings. The minimum absolute atomic E-state index is 0.0487. The summed E-state index contributed by atoms with van der Waals surface area (Å²) in [7, 11) is -1.18. The van der Waals surface area contributed by atoms with Crippen LogP contribution in [-0.4, -0.2) is 20.6 Å². The molecule has 3 aromatic rings. The molecule has 4 nitrogen and oxygen atoms in total. The van der Waals surface area contributed by atoms with Gasteiger partial charge in [-0.05, 0) is 30.3 Å². The summed E-state index contributed by atoms with van der Waals surface area (Å²) in [5.41, 5.74) is 1.03. The average Bonchev–Trinajstić information content (AvgIpc) is 2.39. The molecular weight excluding hydrogens is 262 g/mol. The lowest BCUT2D eigenvalue weighted by molar-refractivity contribution is 0.476. The molecule has 1 atom stereocenters. The molecule has 0 aliphatic rings. The van der Waals surface area contributed by atoms with Gasteiger partial charge in [0.1, 0.15) is 5.75 Å². The van der Waals surface area contributed by atoms with E-state index in [1.165, 1.54) is 12.1 Å². The van der Waals surface area contributed by atoms with Crippen LogP contribution in [0.3, 0.4) is 0 Å². The van der Waals surface area contributed by atoms with Gasteiger partial charge in [-0.15, -0.1) is 0 Å². The fraction of sp³-hybridized carbons (Fsp3) is 0.0714. The molecule has 19 heavy (non-hydrogen) atoms. The molecular formula is C14H11NO3S. The van der Waals surface area contributed by atoms with Crippen molar-refractivity contribution in [3.05, 3.63) is 46.6 Å². The summed E-state index contributed by atoms with van der Waals surface area (Å²) in [5, 5.41) is 10.4. The lowest BCUT2D eigenvalue weighted by Gasteiger charge is -2.06. The van der Waals surface area contributed by atoms with Gasteiger partial charge in [-0.1, -0.05) is 6.07 Å². The van der Waals surface area contributed by atoms with Crippen molar-refractivity contribution in [2.75, 3.05) is 6.26 Å². The minimum Gasteiger partial charge on any atom is -0.508 e. The van der Waals surface area contributed by atoms with Crippen molar-refractivity contribution in [2.24, 2.45) is 0 Å². The van der Waals surface area contributed by atoms with Crippen LogP contribution in [0, 0.1) is 0 Å². The van der Waals surface area contributed by atoms with E-state index in [0.29, 0.717) is 26.7 Å². The highest BCUT2D eigenvalue weighted by Gasteiger charge is 2.10. The maximum Gasteiger partial charge on any atom is 0.197 e. The molecule has 0 saturated heterocycles. The standard InChI is InChI=1S/C14H11NO3S/c1-19(18)12-4-2-3-9-13(12)15-11-6-5-8(16)7-10(11)14(9)17/h2-7,16H,1H3,(H,15,17). The van der Waals surface area contributed by atoms with Gasteiger partial charge < -0.3 is 10.1 Å². The van der Waals surface area contributed by atoms with Gasteiger partial charge >= 0.3 is 0 Å². The Labute approximate surface area is 111 Å². The Morgan fingerprint density at radius 3 is 2.68 bits per heavy atom. The number of benzene rings is 2. The van der Waals surface area contributed by atoms with E-state index in [2.05, 4.69) is 4.98 Å². The Kier molecular flexibility index (Phi) is 2.64. The number of hydrogen-bond donors (Lipinski definition) is 2. The summed E-state index contributed by atoms with van der Waals surface area (Å²) in [4.78, 5) is 16.1. The van der Waals surface area contributed by atoms with Gasteiger partial charge in [0.25, 0.3) is 0 Å². The average molecular weight is 273 g/mol. The van der Waals surface area contributed by atoms with E-state index in [0.717, 1.165) is 0 Å². The molecule has 5 heteroatoms. The summed E-state index contributed by atoms with van der Waals surface area (Å²) in [6.45, 7) is 0. The van der Waals surface area contributed by atoms with Crippen LogP contribution in [0.5, 0.6) is 5.75 Å². The van der Waals surface area contributed by atoms with Gasteiger partial charge in [-0.25, -0.2) is 0 Å². The first-order valence-corrected chi connectivity index (χ1v) is 7.25. The van der Waals surface area contributed by atoms with Crippen molar-refractivity contribution >= 4 is 32.6 Å². The second kappa shape index (κ2) is 4.20. The van der Waals surface area contributed by atoms with Crippen LogP contribution in [0.1, 0.15) is 0 Å². The molecule has 3 rings (SSSR count). The third-order valence-corrected chi connectivity index (χ3v) is 4.05. The van der Waals surface area contributed by atoms with Crippen molar-refractivity contribution in [1.29, 1.82) is 0 Å². The van der Waals surface area contributed by atoms with Crippen molar-refractivity contribution in [2.45, 2.75) is 4.90 Å². The fourth-order valence-electron chi connectivity index (χ4n) is 2.20. The summed E-state index contributed by atoms with van der Waals surface area (Å²) in [6, 6.07) is 9.72. The first-order chi connectivity index (χ1) is 9.08. The number of H-pyrrole nitrogens is 1. The van der Waals surface area contributed by atoms with Gasteiger partial charge in [-0.2, -0.15) is 0 Å². The van der Waals surface area contributed by atoms with E-state index in [1.807, 2.05) is 0 Å². The second-order valence-electron chi connectivity index (χ2n) is 4.32. The first kappa shape index (κ1) is 11.9. The third kappa shape index (κ3) is 1.82. The summed E-state index contributed by atoms with van der Waals surface area (Å²) in [6.07, 6.45) is 1.58. The van der Waals surface area contributed by atoms with E-state index < -0.39 is 10.8 Å². The lowest BCUT2D eigenvalue weighted by atomic mass is 10.1. The number of para-hydroxylation sites is 1. The molecule has 0 aliphatic carbocycles. The Morgan fingerprint density at radius 2 is 1.95 bits per heavy atom. The maximum absolute atomic E-state index is 12.4. The predicted molar refractivity (Wildman–Crippen MR) is 76.1 cm³/mol. The second-order valence-corrected chi connectivity index (χ2v) is 5.66. The number of hydrogen-bond acceptors (Lipinski definition) is 3. The number of pyridine rings is 1. The molecule has 0 radical (unpaired) electrons. The van der Waals surface area contributed by atoms with E-state index in [1.54, 1.807) is 30.5 Å². The highest BCUT2D eigenvalue weighted by Crippen LogP contribution is 2.22. The van der Waals surface area contributed by atoms with Crippen LogP contribution < -0.4 is 5.43 Å². The molecule has 0 amide bonds. The number of aromatic hydroxyl groups is 1. The van der Waals surface area contributed by atoms with Crippen molar-refractivity contribution in [3.8, 4) is 5.75 Å². The zero-order valence-electron chi connectivity index (χ0n) is 10.1. The Bertz CT molecular complexity index is 883. The van der Waals surface area contributed by atoms with Crippen molar-refractivity contribution in [1.82, 2.24) is 4.98 Å². The summed E-state index contributed by atoms with van der Waals surface area (Å²) in [5.74, 6) is 0.0487. The van der Waals surface area contributed by atoms with E-state index in [-0.39, 0.29) is 11.2 Å². The van der Waals surface area contributed by atoms with Gasteiger partial charge in [0.15, 0.2) is 5.43 Å². The monoisotopic (exact) mass is 273 g/mol. The molecule has 2 aromatic carbocycles. The van der Waals surface area contributed by atoms with E-state index in [9.17, 15) is 14.1 Å². The number of fused-ring (bicyclic) bond motifs is 2. The van der Waals surface area contributed by atoms with Gasteiger partial charge in [0.2, 0.25) is 0 Å². The highest BCUT2D eigenvalue weighted by molar-refractivity contribution is 7.84. The molecule has 1 aromatic heterocycles. The largest absolute Gasteiger partial charge is 0.508 e. The zero-order chi connectivity index (χ0) is 13.6. The zero-order valence-corrected chi connectivity index (χ0v) is 11.0. The maximum atomic E-state index is 12.4. The Balaban J connectivity index is 2.57. The van der Waals surface area contributed by atoms with Crippen LogP contribution in [0.4, 0.5) is 0 Å². The molecule has 2 N–H and O–H groups in total. The van der Waals surface area contributed by atoms with Gasteiger partial charge in [0.05, 0.1) is 26.7 Å². The molecule has 0 spiro atoms. The van der Waals surface area contributed by atoms with Gasteiger partial charge in [-0.3, -0.25) is 9.00 Å². The SMILES string of the molecule is CS(=O)c1cccc2c(=O)c3cc(O)ccc3[nH]c12. The van der Waals surface area contributed by atoms with E-state index in [4.69, 9.17) is 0 Å². The van der Waals surface area contributed by atoms with E-state index >= 15 is 0 Å². The first-order valence-electron chi connectivity index (χ1n) is 5.69. The quantitative estimate of drug-likeness (QED) is 0.667. The third-order valence-electron chi connectivity index (χ3n) is 3.09. The van der Waals surface area contributed by atoms with Crippen molar-refractivity contribution < 1.29 is 9.32 Å². The predicted octanol–water partition coefficient (Wildman–Crippen LogP) is 2.12. The summed E-state index contributed by atoms with van der Waals surface area (Å²) >= 11 is 0. The molecule has 0 saturated carbocycles. The van der Waals surface area contributed by atoms with Crippen LogP contribution in [0.15, 0.2) is 46.1 Å². The fourth-order valence-corrected chi connectivity index (χ4v) is 2.92. The topological polar surface area (TPSA) is 70.2 Å². The number of aromatic amines is 1. The molecule has 0 bridgehead atoms. The number of aromatic nitrogens is 1. The molecule has 0 aliphatic heterocycles. The Morgan fingerprint density at radius 1 is 1.16 bits per heavy atom. The van der Waals surface area contributed by atoms with Crippen LogP contribution in [-0.2, 0) is 10.8 Å². The smallest absolute Gasteiger partial charge is 0.197 e. The number of phenolic OH excluding ortho intramolecular Hbond substituents is 1. The normalized spacial score (nSPS) is 12.9. The van der Waals surface area contributed by atoms with Crippen LogP contribution >= 0.6 is 0 Å². The van der Waals surface area contributed by atoms with Gasteiger partial charge in [0, 0.05) is 17.0 Å². The molecule has 1 heterocycles. The van der Waals surface area contributed by atoms with Crippen molar-refractivity contribution in [3.63, 3.8) is 0 Å². The van der Waals surface area contributed by atoms with Crippen LogP contribution in [0.2, 0.25) is 0 Å². The Hall–Kier alpha value is -2.14.